The van der Waals surface area contributed by atoms with Gasteiger partial charge in [-0.15, -0.1) is 0 Å². The van der Waals surface area contributed by atoms with E-state index in [9.17, 15) is 5.11 Å². The Hall–Kier alpha value is -0.0800. The van der Waals surface area contributed by atoms with Crippen LogP contribution in [-0.2, 0) is 0 Å². The fraction of sp³-hybridized carbons (Fsp3) is 1.00. The van der Waals surface area contributed by atoms with Crippen LogP contribution in [0.1, 0.15) is 33.1 Å². The normalized spacial score (nSPS) is 39.9. The smallest absolute Gasteiger partial charge is 0.0908 e. The number of rotatable bonds is 2. The lowest BCUT2D eigenvalue weighted by atomic mass is 9.72. The second-order valence-electron chi connectivity index (χ2n) is 3.76. The molecule has 0 aliphatic heterocycles. The van der Waals surface area contributed by atoms with E-state index in [4.69, 9.17) is 5.11 Å². The van der Waals surface area contributed by atoms with Gasteiger partial charge >= 0.3 is 0 Å². The highest BCUT2D eigenvalue weighted by molar-refractivity contribution is 4.96. The quantitative estimate of drug-likeness (QED) is 0.605. The molecule has 2 N–H and O–H groups in total. The van der Waals surface area contributed by atoms with Crippen molar-refractivity contribution in [3.63, 3.8) is 0 Å². The topological polar surface area (TPSA) is 40.5 Å². The van der Waals surface area contributed by atoms with Crippen molar-refractivity contribution < 1.29 is 10.2 Å². The van der Waals surface area contributed by atoms with Crippen LogP contribution in [0.3, 0.4) is 0 Å². The molecule has 2 atom stereocenters. The summed E-state index contributed by atoms with van der Waals surface area (Å²) in [7, 11) is 0. The van der Waals surface area contributed by atoms with Crippen molar-refractivity contribution in [2.75, 3.05) is 0 Å². The van der Waals surface area contributed by atoms with Crippen LogP contribution in [0.4, 0.5) is 0 Å². The summed E-state index contributed by atoms with van der Waals surface area (Å²) < 4.78 is 0. The summed E-state index contributed by atoms with van der Waals surface area (Å²) in [5.41, 5.74) is -0.742. The molecular formula is C8H16O2. The maximum absolute atomic E-state index is 9.60. The van der Waals surface area contributed by atoms with Crippen LogP contribution in [0, 0.1) is 5.92 Å². The summed E-state index contributed by atoms with van der Waals surface area (Å²) in [4.78, 5) is 0. The van der Waals surface area contributed by atoms with Crippen molar-refractivity contribution in [3.05, 3.63) is 0 Å². The van der Waals surface area contributed by atoms with Gasteiger partial charge in [0.05, 0.1) is 11.7 Å². The van der Waals surface area contributed by atoms with Gasteiger partial charge in [-0.1, -0.05) is 13.8 Å². The minimum Gasteiger partial charge on any atom is -0.390 e. The third kappa shape index (κ3) is 1.32. The molecule has 0 aromatic heterocycles. The zero-order valence-electron chi connectivity index (χ0n) is 6.67. The van der Waals surface area contributed by atoms with E-state index < -0.39 is 11.7 Å². The second kappa shape index (κ2) is 2.51. The molecule has 1 fully saturated rings. The Balaban J connectivity index is 2.38. The largest absolute Gasteiger partial charge is 0.390 e. The molecule has 1 saturated carbocycles. The van der Waals surface area contributed by atoms with Gasteiger partial charge in [0, 0.05) is 0 Å². The van der Waals surface area contributed by atoms with Crippen LogP contribution in [0.25, 0.3) is 0 Å². The maximum atomic E-state index is 9.60. The van der Waals surface area contributed by atoms with Gasteiger partial charge in [0.25, 0.3) is 0 Å². The van der Waals surface area contributed by atoms with E-state index in [1.54, 1.807) is 0 Å². The molecule has 0 amide bonds. The SMILES string of the molecule is CC(C)C[C@@]1(O)CC[C@@H]1O. The first-order chi connectivity index (χ1) is 4.54. The van der Waals surface area contributed by atoms with Crippen LogP contribution in [-0.4, -0.2) is 21.9 Å². The lowest BCUT2D eigenvalue weighted by Crippen LogP contribution is -2.52. The van der Waals surface area contributed by atoms with Crippen molar-refractivity contribution in [1.82, 2.24) is 0 Å². The average molecular weight is 144 g/mol. The first-order valence-corrected chi connectivity index (χ1v) is 3.95. The van der Waals surface area contributed by atoms with Crippen LogP contribution < -0.4 is 0 Å². The van der Waals surface area contributed by atoms with Crippen molar-refractivity contribution in [2.45, 2.75) is 44.8 Å². The van der Waals surface area contributed by atoms with Crippen LogP contribution >= 0.6 is 0 Å². The fourth-order valence-corrected chi connectivity index (χ4v) is 1.55. The van der Waals surface area contributed by atoms with E-state index in [1.807, 2.05) is 0 Å². The zero-order valence-corrected chi connectivity index (χ0v) is 6.67. The zero-order chi connectivity index (χ0) is 7.78. The highest BCUT2D eigenvalue weighted by Gasteiger charge is 2.44. The van der Waals surface area contributed by atoms with Gasteiger partial charge in [-0.25, -0.2) is 0 Å². The molecule has 2 nitrogen and oxygen atoms in total. The van der Waals surface area contributed by atoms with E-state index in [1.165, 1.54) is 0 Å². The van der Waals surface area contributed by atoms with Crippen molar-refractivity contribution in [3.8, 4) is 0 Å². The number of hydrogen-bond donors (Lipinski definition) is 2. The maximum Gasteiger partial charge on any atom is 0.0908 e. The van der Waals surface area contributed by atoms with E-state index in [0.717, 1.165) is 19.3 Å². The number of aliphatic hydroxyl groups excluding tert-OH is 1. The minimum absolute atomic E-state index is 0.463. The Morgan fingerprint density at radius 3 is 2.30 bits per heavy atom. The molecular weight excluding hydrogens is 128 g/mol. The highest BCUT2D eigenvalue weighted by atomic mass is 16.3. The summed E-state index contributed by atoms with van der Waals surface area (Å²) in [5.74, 6) is 0.472. The molecule has 0 radical (unpaired) electrons. The summed E-state index contributed by atoms with van der Waals surface area (Å²) in [6.07, 6.45) is 1.80. The third-order valence-corrected chi connectivity index (χ3v) is 2.23. The summed E-state index contributed by atoms with van der Waals surface area (Å²) in [5, 5.41) is 18.8. The monoisotopic (exact) mass is 144 g/mol. The second-order valence-corrected chi connectivity index (χ2v) is 3.76. The van der Waals surface area contributed by atoms with E-state index >= 15 is 0 Å². The average Bonchev–Trinajstić information content (AvgIpc) is 1.84. The van der Waals surface area contributed by atoms with Gasteiger partial charge in [0.15, 0.2) is 0 Å². The predicted molar refractivity (Wildman–Crippen MR) is 39.6 cm³/mol. The molecule has 10 heavy (non-hydrogen) atoms. The van der Waals surface area contributed by atoms with Gasteiger partial charge in [-0.05, 0) is 25.2 Å². The van der Waals surface area contributed by atoms with Crippen LogP contribution in [0.15, 0.2) is 0 Å². The molecule has 2 heteroatoms. The van der Waals surface area contributed by atoms with Crippen molar-refractivity contribution in [2.24, 2.45) is 5.92 Å². The molecule has 0 unspecified atom stereocenters. The molecule has 1 aliphatic carbocycles. The standard InChI is InChI=1S/C8H16O2/c1-6(2)5-8(10)4-3-7(8)9/h6-7,9-10H,3-5H2,1-2H3/t7-,8-/m0/s1. The third-order valence-electron chi connectivity index (χ3n) is 2.23. The first-order valence-electron chi connectivity index (χ1n) is 3.95. The number of aliphatic hydroxyl groups is 2. The molecule has 0 heterocycles. The van der Waals surface area contributed by atoms with E-state index in [0.29, 0.717) is 5.92 Å². The number of hydrogen-bond acceptors (Lipinski definition) is 2. The Morgan fingerprint density at radius 2 is 2.20 bits per heavy atom. The van der Waals surface area contributed by atoms with Gasteiger partial charge in [0.2, 0.25) is 0 Å². The van der Waals surface area contributed by atoms with Gasteiger partial charge in [0.1, 0.15) is 0 Å². The summed E-state index contributed by atoms with van der Waals surface area (Å²) in [6, 6.07) is 0. The molecule has 0 spiro atoms. The molecule has 0 aromatic rings. The minimum atomic E-state index is -0.742. The predicted octanol–water partition coefficient (Wildman–Crippen LogP) is 0.918. The summed E-state index contributed by atoms with van der Waals surface area (Å²) >= 11 is 0. The highest BCUT2D eigenvalue weighted by Crippen LogP contribution is 2.37. The molecule has 0 aromatic carbocycles. The lowest BCUT2D eigenvalue weighted by Gasteiger charge is -2.43. The summed E-state index contributed by atoms with van der Waals surface area (Å²) in [6.45, 7) is 4.12. The van der Waals surface area contributed by atoms with Crippen molar-refractivity contribution >= 4 is 0 Å². The molecule has 60 valence electrons. The van der Waals surface area contributed by atoms with E-state index in [2.05, 4.69) is 13.8 Å². The van der Waals surface area contributed by atoms with E-state index in [-0.39, 0.29) is 0 Å². The molecule has 0 saturated heterocycles. The van der Waals surface area contributed by atoms with Gasteiger partial charge in [-0.2, -0.15) is 0 Å². The Labute approximate surface area is 61.9 Å². The van der Waals surface area contributed by atoms with Crippen LogP contribution in [0.2, 0.25) is 0 Å². The molecule has 1 rings (SSSR count). The Morgan fingerprint density at radius 1 is 1.60 bits per heavy atom. The van der Waals surface area contributed by atoms with Crippen molar-refractivity contribution in [1.29, 1.82) is 0 Å². The van der Waals surface area contributed by atoms with Gasteiger partial charge < -0.3 is 10.2 Å². The first kappa shape index (κ1) is 8.02. The van der Waals surface area contributed by atoms with Crippen LogP contribution in [0.5, 0.6) is 0 Å². The Kier molecular flexibility index (Phi) is 2.02. The molecule has 1 aliphatic rings. The fourth-order valence-electron chi connectivity index (χ4n) is 1.55. The molecule has 0 bridgehead atoms. The lowest BCUT2D eigenvalue weighted by molar-refractivity contribution is -0.154. The Bertz CT molecular complexity index is 122. The van der Waals surface area contributed by atoms with Gasteiger partial charge in [-0.3, -0.25) is 0 Å².